The Morgan fingerprint density at radius 2 is 1.94 bits per heavy atom. The minimum atomic E-state index is -0.548. The van der Waals surface area contributed by atoms with E-state index in [2.05, 4.69) is 16.7 Å². The van der Waals surface area contributed by atoms with E-state index in [-0.39, 0.29) is 40.6 Å². The molecule has 258 valence electrons. The third-order valence-electron chi connectivity index (χ3n) is 11.5. The van der Waals surface area contributed by atoms with Crippen LogP contribution >= 0.6 is 0 Å². The first-order chi connectivity index (χ1) is 23.7. The molecule has 49 heavy (non-hydrogen) atoms. The van der Waals surface area contributed by atoms with E-state index in [1.54, 1.807) is 32.4 Å². The molecule has 2 aromatic heterocycles. The number of anilines is 1. The Bertz CT molecular complexity index is 1910. The Labute approximate surface area is 286 Å². The van der Waals surface area contributed by atoms with Gasteiger partial charge in [-0.1, -0.05) is 25.1 Å². The summed E-state index contributed by atoms with van der Waals surface area (Å²) in [5.74, 6) is 1.37. The number of aryl methyl sites for hydroxylation is 1. The Morgan fingerprint density at radius 3 is 2.71 bits per heavy atom. The molecule has 0 spiro atoms. The normalized spacial score (nSPS) is 24.9. The standard InChI is InChI=1S/C38H45FN6O4/c1-4-25-7-5-8-26-16-28(46)17-29(31(25)26)33-32(39)34-30(18-40-33)35(44-19-23-9-10-24(15-23)20-44)42-36(41-34)49-22-38-12-6-14-45(38)27(11-13-38)21-48-37(47)43(2)3/h5,7-8,16-18,23-24,27,46H,4,6,9-15,19-22H2,1-3H3/t23?,24?,27-,38-/m1/s1. The number of benzene rings is 2. The van der Waals surface area contributed by atoms with Crippen molar-refractivity contribution in [1.29, 1.82) is 0 Å². The number of carbonyl (C=O) groups excluding carboxylic acids is 1. The lowest BCUT2D eigenvalue weighted by atomic mass is 9.95. The predicted octanol–water partition coefficient (Wildman–Crippen LogP) is 6.56. The van der Waals surface area contributed by atoms with E-state index in [9.17, 15) is 9.90 Å². The molecule has 2 aromatic carbocycles. The molecule has 8 rings (SSSR count). The Hall–Kier alpha value is -4.25. The van der Waals surface area contributed by atoms with E-state index >= 15 is 4.39 Å². The van der Waals surface area contributed by atoms with Crippen LogP contribution in [0.25, 0.3) is 32.9 Å². The van der Waals surface area contributed by atoms with Gasteiger partial charge in [0.05, 0.1) is 10.9 Å². The number of aromatic nitrogens is 3. The van der Waals surface area contributed by atoms with E-state index in [0.717, 1.165) is 68.1 Å². The van der Waals surface area contributed by atoms with E-state index in [0.29, 0.717) is 41.8 Å². The van der Waals surface area contributed by atoms with Crippen LogP contribution in [-0.2, 0) is 11.2 Å². The fourth-order valence-corrected chi connectivity index (χ4v) is 9.15. The molecule has 1 saturated carbocycles. The molecule has 4 fully saturated rings. The number of phenolic OH excluding ortho intramolecular Hbond substituents is 1. The van der Waals surface area contributed by atoms with Crippen LogP contribution < -0.4 is 9.64 Å². The number of rotatable bonds is 8. The zero-order valence-electron chi connectivity index (χ0n) is 28.6. The lowest BCUT2D eigenvalue weighted by Crippen LogP contribution is -2.48. The fourth-order valence-electron chi connectivity index (χ4n) is 9.15. The Kier molecular flexibility index (Phi) is 8.21. The SMILES string of the molecule is CCc1cccc2cc(O)cc(-c3ncc4c(N5CC6CCC(C6)C5)nc(OC[C@]56CCCN5[C@@H](COC(=O)N(C)C)CC6)nc4c3F)c12. The van der Waals surface area contributed by atoms with Gasteiger partial charge in [-0.2, -0.15) is 9.97 Å². The molecular formula is C38H45FN6O4. The summed E-state index contributed by atoms with van der Waals surface area (Å²) in [4.78, 5) is 32.7. The molecule has 3 saturated heterocycles. The van der Waals surface area contributed by atoms with Crippen molar-refractivity contribution in [3.05, 3.63) is 47.9 Å². The second kappa shape index (κ2) is 12.6. The number of carbonyl (C=O) groups is 1. The number of aromatic hydroxyl groups is 1. The van der Waals surface area contributed by atoms with Crippen LogP contribution in [0.15, 0.2) is 36.5 Å². The van der Waals surface area contributed by atoms with E-state index in [4.69, 9.17) is 24.4 Å². The molecule has 11 heteroatoms. The maximum Gasteiger partial charge on any atom is 0.409 e. The number of ether oxygens (including phenoxy) is 2. The summed E-state index contributed by atoms with van der Waals surface area (Å²) in [7, 11) is 3.38. The first kappa shape index (κ1) is 32.0. The summed E-state index contributed by atoms with van der Waals surface area (Å²) in [6, 6.07) is 9.51. The van der Waals surface area contributed by atoms with Gasteiger partial charge in [0, 0.05) is 45.0 Å². The third kappa shape index (κ3) is 5.69. The van der Waals surface area contributed by atoms with Gasteiger partial charge in [-0.15, -0.1) is 0 Å². The van der Waals surface area contributed by atoms with Gasteiger partial charge in [0.15, 0.2) is 5.82 Å². The van der Waals surface area contributed by atoms with Crippen LogP contribution in [-0.4, -0.2) is 94.5 Å². The molecule has 5 heterocycles. The molecule has 1 aliphatic carbocycles. The highest BCUT2D eigenvalue weighted by molar-refractivity contribution is 6.01. The average molecular weight is 669 g/mol. The average Bonchev–Trinajstić information content (AvgIpc) is 3.78. The largest absolute Gasteiger partial charge is 0.508 e. The number of halogens is 1. The first-order valence-corrected chi connectivity index (χ1v) is 17.8. The number of hydrogen-bond acceptors (Lipinski definition) is 9. The van der Waals surface area contributed by atoms with Crippen molar-refractivity contribution in [3.8, 4) is 23.0 Å². The molecule has 10 nitrogen and oxygen atoms in total. The Morgan fingerprint density at radius 1 is 1.12 bits per heavy atom. The quantitative estimate of drug-likeness (QED) is 0.224. The smallest absolute Gasteiger partial charge is 0.409 e. The molecule has 4 aromatic rings. The van der Waals surface area contributed by atoms with Crippen molar-refractivity contribution in [3.63, 3.8) is 0 Å². The van der Waals surface area contributed by atoms with Crippen molar-refractivity contribution in [2.24, 2.45) is 11.8 Å². The van der Waals surface area contributed by atoms with Gasteiger partial charge < -0.3 is 24.4 Å². The molecular weight excluding hydrogens is 623 g/mol. The van der Waals surface area contributed by atoms with Crippen LogP contribution in [0, 0.1) is 17.7 Å². The molecule has 1 N–H and O–H groups in total. The van der Waals surface area contributed by atoms with Crippen LogP contribution in [0.4, 0.5) is 15.0 Å². The van der Waals surface area contributed by atoms with Crippen molar-refractivity contribution < 1.29 is 23.8 Å². The number of piperidine rings is 1. The molecule has 4 aliphatic rings. The molecule has 2 unspecified atom stereocenters. The van der Waals surface area contributed by atoms with Gasteiger partial charge in [0.1, 0.15) is 36.0 Å². The van der Waals surface area contributed by atoms with Gasteiger partial charge in [-0.25, -0.2) is 9.18 Å². The van der Waals surface area contributed by atoms with Crippen molar-refractivity contribution in [2.45, 2.75) is 69.9 Å². The van der Waals surface area contributed by atoms with Crippen LogP contribution in [0.1, 0.15) is 57.4 Å². The maximum atomic E-state index is 17.0. The first-order valence-electron chi connectivity index (χ1n) is 17.8. The lowest BCUT2D eigenvalue weighted by Gasteiger charge is -2.35. The summed E-state index contributed by atoms with van der Waals surface area (Å²) in [5.41, 5.74) is 1.70. The van der Waals surface area contributed by atoms with Crippen molar-refractivity contribution >= 4 is 33.6 Å². The van der Waals surface area contributed by atoms with Crippen LogP contribution in [0.5, 0.6) is 11.8 Å². The number of phenols is 1. The van der Waals surface area contributed by atoms with E-state index in [1.807, 2.05) is 18.2 Å². The second-order valence-corrected chi connectivity index (χ2v) is 14.8. The van der Waals surface area contributed by atoms with Gasteiger partial charge >= 0.3 is 12.1 Å². The predicted molar refractivity (Wildman–Crippen MR) is 187 cm³/mol. The summed E-state index contributed by atoms with van der Waals surface area (Å²) >= 11 is 0. The molecule has 4 atom stereocenters. The molecule has 2 bridgehead atoms. The second-order valence-electron chi connectivity index (χ2n) is 14.8. The van der Waals surface area contributed by atoms with Gasteiger partial charge in [-0.3, -0.25) is 9.88 Å². The zero-order valence-corrected chi connectivity index (χ0v) is 28.6. The number of fused-ring (bicyclic) bond motifs is 5. The van der Waals surface area contributed by atoms with Gasteiger partial charge in [0.25, 0.3) is 0 Å². The monoisotopic (exact) mass is 668 g/mol. The van der Waals surface area contributed by atoms with Crippen LogP contribution in [0.2, 0.25) is 0 Å². The summed E-state index contributed by atoms with van der Waals surface area (Å²) in [6.07, 6.45) is 9.58. The molecule has 0 radical (unpaired) electrons. The van der Waals surface area contributed by atoms with Crippen molar-refractivity contribution in [1.82, 2.24) is 24.8 Å². The van der Waals surface area contributed by atoms with Gasteiger partial charge in [0.2, 0.25) is 0 Å². The Balaban J connectivity index is 1.17. The summed E-state index contributed by atoms with van der Waals surface area (Å²) < 4.78 is 29.1. The van der Waals surface area contributed by atoms with E-state index < -0.39 is 5.82 Å². The number of amides is 1. The molecule has 1 amide bonds. The topological polar surface area (TPSA) is 104 Å². The summed E-state index contributed by atoms with van der Waals surface area (Å²) in [6.45, 7) is 5.43. The van der Waals surface area contributed by atoms with Crippen LogP contribution in [0.3, 0.4) is 0 Å². The van der Waals surface area contributed by atoms with E-state index in [1.165, 1.54) is 24.2 Å². The highest BCUT2D eigenvalue weighted by Gasteiger charge is 2.50. The number of pyridine rings is 1. The summed E-state index contributed by atoms with van der Waals surface area (Å²) in [5, 5.41) is 12.9. The third-order valence-corrected chi connectivity index (χ3v) is 11.5. The molecule has 3 aliphatic heterocycles. The highest BCUT2D eigenvalue weighted by Crippen LogP contribution is 2.44. The zero-order chi connectivity index (χ0) is 33.9. The number of nitrogens with zero attached hydrogens (tertiary/aromatic N) is 6. The minimum absolute atomic E-state index is 0.0555. The lowest BCUT2D eigenvalue weighted by molar-refractivity contribution is 0.0484. The van der Waals surface area contributed by atoms with Crippen molar-refractivity contribution in [2.75, 3.05) is 51.8 Å². The van der Waals surface area contributed by atoms with Gasteiger partial charge in [-0.05, 0) is 98.2 Å². The fraction of sp³-hybridized carbons (Fsp3) is 0.526. The maximum absolute atomic E-state index is 17.0. The highest BCUT2D eigenvalue weighted by atomic mass is 19.1. The number of hydrogen-bond donors (Lipinski definition) is 1. The minimum Gasteiger partial charge on any atom is -0.508 e.